The first-order valence-corrected chi connectivity index (χ1v) is 8.03. The fraction of sp³-hybridized carbons (Fsp3) is 0.278. The Morgan fingerprint density at radius 1 is 1.04 bits per heavy atom. The summed E-state index contributed by atoms with van der Waals surface area (Å²) in [5, 5.41) is 6.31. The summed E-state index contributed by atoms with van der Waals surface area (Å²) in [5.41, 5.74) is 4.56. The third-order valence-corrected chi connectivity index (χ3v) is 3.97. The van der Waals surface area contributed by atoms with Gasteiger partial charge in [0.05, 0.1) is 0 Å². The van der Waals surface area contributed by atoms with E-state index in [4.69, 9.17) is 12.2 Å². The molecule has 0 saturated heterocycles. The highest BCUT2D eigenvalue weighted by molar-refractivity contribution is 7.80. The van der Waals surface area contributed by atoms with Crippen molar-refractivity contribution in [3.63, 3.8) is 0 Å². The van der Waals surface area contributed by atoms with Gasteiger partial charge in [0.1, 0.15) is 5.75 Å². The van der Waals surface area contributed by atoms with Crippen molar-refractivity contribution in [2.75, 3.05) is 5.32 Å². The second kappa shape index (κ2) is 7.74. The van der Waals surface area contributed by atoms with Crippen LogP contribution in [0.5, 0.6) is 5.75 Å². The lowest BCUT2D eigenvalue weighted by atomic mass is 10.1. The number of ether oxygens (including phenoxy) is 1. The van der Waals surface area contributed by atoms with Crippen molar-refractivity contribution in [3.8, 4) is 5.75 Å². The number of benzene rings is 2. The number of alkyl halides is 3. The fourth-order valence-electron chi connectivity index (χ4n) is 2.31. The normalized spacial score (nSPS) is 11.1. The SMILES string of the molecule is Cc1cc(C)c(NC(=S)NCc2ccccc2OC(F)(F)F)cc1C. The van der Waals surface area contributed by atoms with E-state index in [1.54, 1.807) is 12.1 Å². The van der Waals surface area contributed by atoms with Gasteiger partial charge < -0.3 is 15.4 Å². The van der Waals surface area contributed by atoms with E-state index in [0.29, 0.717) is 10.7 Å². The topological polar surface area (TPSA) is 33.3 Å². The van der Waals surface area contributed by atoms with Crippen LogP contribution < -0.4 is 15.4 Å². The van der Waals surface area contributed by atoms with Gasteiger partial charge in [-0.3, -0.25) is 0 Å². The summed E-state index contributed by atoms with van der Waals surface area (Å²) < 4.78 is 41.4. The Morgan fingerprint density at radius 3 is 2.36 bits per heavy atom. The van der Waals surface area contributed by atoms with Crippen LogP contribution in [0.4, 0.5) is 18.9 Å². The Balaban J connectivity index is 2.03. The molecular weight excluding hydrogens is 349 g/mol. The minimum atomic E-state index is -4.73. The fourth-order valence-corrected chi connectivity index (χ4v) is 2.49. The molecule has 0 aliphatic heterocycles. The number of rotatable bonds is 4. The minimum Gasteiger partial charge on any atom is -0.405 e. The molecule has 0 radical (unpaired) electrons. The lowest BCUT2D eigenvalue weighted by molar-refractivity contribution is -0.274. The quantitative estimate of drug-likeness (QED) is 0.745. The molecule has 0 aliphatic rings. The molecule has 0 aliphatic carbocycles. The van der Waals surface area contributed by atoms with Gasteiger partial charge in [-0.1, -0.05) is 24.3 Å². The molecule has 2 N–H and O–H groups in total. The maximum absolute atomic E-state index is 12.4. The number of hydrogen-bond donors (Lipinski definition) is 2. The van der Waals surface area contributed by atoms with Gasteiger partial charge in [0.25, 0.3) is 0 Å². The summed E-state index contributed by atoms with van der Waals surface area (Å²) in [6.45, 7) is 6.10. The van der Waals surface area contributed by atoms with Crippen LogP contribution in [-0.4, -0.2) is 11.5 Å². The third kappa shape index (κ3) is 5.63. The van der Waals surface area contributed by atoms with Crippen LogP contribution in [0.1, 0.15) is 22.3 Å². The molecule has 7 heteroatoms. The lowest BCUT2D eigenvalue weighted by Crippen LogP contribution is -2.29. The molecular formula is C18H19F3N2OS. The van der Waals surface area contributed by atoms with E-state index >= 15 is 0 Å². The van der Waals surface area contributed by atoms with Crippen LogP contribution in [0.25, 0.3) is 0 Å². The van der Waals surface area contributed by atoms with Crippen molar-refractivity contribution in [2.24, 2.45) is 0 Å². The van der Waals surface area contributed by atoms with E-state index < -0.39 is 6.36 Å². The number of halogens is 3. The van der Waals surface area contributed by atoms with Crippen LogP contribution >= 0.6 is 12.2 Å². The first kappa shape index (κ1) is 19.1. The van der Waals surface area contributed by atoms with E-state index in [1.165, 1.54) is 17.7 Å². The molecule has 0 atom stereocenters. The number of anilines is 1. The van der Waals surface area contributed by atoms with Crippen LogP contribution in [-0.2, 0) is 6.54 Å². The molecule has 0 aromatic heterocycles. The smallest absolute Gasteiger partial charge is 0.405 e. The van der Waals surface area contributed by atoms with Gasteiger partial charge in [0.2, 0.25) is 0 Å². The largest absolute Gasteiger partial charge is 0.573 e. The van der Waals surface area contributed by atoms with Crippen molar-refractivity contribution in [2.45, 2.75) is 33.7 Å². The highest BCUT2D eigenvalue weighted by Gasteiger charge is 2.31. The Hall–Kier alpha value is -2.28. The van der Waals surface area contributed by atoms with Gasteiger partial charge >= 0.3 is 6.36 Å². The van der Waals surface area contributed by atoms with E-state index in [0.717, 1.165) is 16.8 Å². The van der Waals surface area contributed by atoms with Gasteiger partial charge in [0.15, 0.2) is 5.11 Å². The molecule has 0 bridgehead atoms. The third-order valence-electron chi connectivity index (χ3n) is 3.73. The maximum atomic E-state index is 12.4. The lowest BCUT2D eigenvalue weighted by Gasteiger charge is -2.16. The Labute approximate surface area is 150 Å². The van der Waals surface area contributed by atoms with E-state index in [1.807, 2.05) is 32.9 Å². The summed E-state index contributed by atoms with van der Waals surface area (Å²) in [4.78, 5) is 0. The molecule has 2 rings (SSSR count). The van der Waals surface area contributed by atoms with Crippen molar-refractivity contribution >= 4 is 23.0 Å². The van der Waals surface area contributed by atoms with Crippen LogP contribution in [0.15, 0.2) is 36.4 Å². The first-order chi connectivity index (χ1) is 11.7. The van der Waals surface area contributed by atoms with Crippen molar-refractivity contribution in [1.29, 1.82) is 0 Å². The zero-order valence-electron chi connectivity index (χ0n) is 14.1. The van der Waals surface area contributed by atoms with E-state index in [9.17, 15) is 13.2 Å². The van der Waals surface area contributed by atoms with Crippen LogP contribution in [0.2, 0.25) is 0 Å². The second-order valence-electron chi connectivity index (χ2n) is 5.71. The molecule has 3 nitrogen and oxygen atoms in total. The maximum Gasteiger partial charge on any atom is 0.573 e. The summed E-state index contributed by atoms with van der Waals surface area (Å²) in [6.07, 6.45) is -4.73. The average molecular weight is 368 g/mol. The van der Waals surface area contributed by atoms with Crippen LogP contribution in [0, 0.1) is 20.8 Å². The highest BCUT2D eigenvalue weighted by atomic mass is 32.1. The van der Waals surface area contributed by atoms with Crippen LogP contribution in [0.3, 0.4) is 0 Å². The Bertz CT molecular complexity index is 775. The number of para-hydroxylation sites is 1. The molecule has 0 fully saturated rings. The molecule has 0 unspecified atom stereocenters. The predicted molar refractivity (Wildman–Crippen MR) is 96.8 cm³/mol. The van der Waals surface area contributed by atoms with Gasteiger partial charge in [-0.25, -0.2) is 0 Å². The molecule has 0 amide bonds. The average Bonchev–Trinajstić information content (AvgIpc) is 2.50. The zero-order chi connectivity index (χ0) is 18.6. The van der Waals surface area contributed by atoms with Crippen molar-refractivity contribution < 1.29 is 17.9 Å². The Kier molecular flexibility index (Phi) is 5.89. The van der Waals surface area contributed by atoms with Crippen molar-refractivity contribution in [1.82, 2.24) is 5.32 Å². The zero-order valence-corrected chi connectivity index (χ0v) is 14.9. The summed E-state index contributed by atoms with van der Waals surface area (Å²) in [7, 11) is 0. The van der Waals surface area contributed by atoms with Gasteiger partial charge in [-0.2, -0.15) is 0 Å². The Morgan fingerprint density at radius 2 is 1.68 bits per heavy atom. The number of thiocarbonyl (C=S) groups is 1. The summed E-state index contributed by atoms with van der Waals surface area (Å²) >= 11 is 5.24. The molecule has 0 heterocycles. The molecule has 0 saturated carbocycles. The molecule has 0 spiro atoms. The molecule has 2 aromatic carbocycles. The monoisotopic (exact) mass is 368 g/mol. The van der Waals surface area contributed by atoms with E-state index in [-0.39, 0.29) is 12.3 Å². The summed E-state index contributed by atoms with van der Waals surface area (Å²) in [5.74, 6) is -0.243. The van der Waals surface area contributed by atoms with Gasteiger partial charge in [0, 0.05) is 17.8 Å². The van der Waals surface area contributed by atoms with Gasteiger partial charge in [-0.05, 0) is 61.8 Å². The molecule has 2 aromatic rings. The molecule has 25 heavy (non-hydrogen) atoms. The number of hydrogen-bond acceptors (Lipinski definition) is 2. The second-order valence-corrected chi connectivity index (χ2v) is 6.12. The molecule has 134 valence electrons. The standard InChI is InChI=1S/C18H19F3N2OS/c1-11-8-13(3)15(9-12(11)2)23-17(25)22-10-14-6-4-5-7-16(14)24-18(19,20)21/h4-9H,10H2,1-3H3,(H2,22,23,25). The minimum absolute atomic E-state index is 0.113. The van der Waals surface area contributed by atoms with E-state index in [2.05, 4.69) is 15.4 Å². The number of nitrogens with one attached hydrogen (secondary N) is 2. The number of aryl methyl sites for hydroxylation is 3. The first-order valence-electron chi connectivity index (χ1n) is 7.62. The summed E-state index contributed by atoms with van der Waals surface area (Å²) in [6, 6.07) is 9.99. The predicted octanol–water partition coefficient (Wildman–Crippen LogP) is 5.00. The highest BCUT2D eigenvalue weighted by Crippen LogP contribution is 2.26. The van der Waals surface area contributed by atoms with Gasteiger partial charge in [-0.15, -0.1) is 13.2 Å². The van der Waals surface area contributed by atoms with Crippen molar-refractivity contribution in [3.05, 3.63) is 58.7 Å².